The summed E-state index contributed by atoms with van der Waals surface area (Å²) in [7, 11) is -3.35. The van der Waals surface area contributed by atoms with Gasteiger partial charge in [-0.3, -0.25) is 0 Å². The number of amides is 2. The standard InChI is InChI=1S/C15H31NO4Si.C9H17NO4.C6H15ClSi/c1-14(2,3)19-13(18)16-9-11(17)12(10-16)20-21(7,8)15(4,5)6;1-9(2,3)14-8(13)10-4-6(11)7(12)5-10;1-6(2,3)8(4,5)7/h11-12,17H,9-10H2,1-8H3;6-7,11-12H,4-5H2,1-3H3;1-5H3. The van der Waals surface area contributed by atoms with Crippen molar-refractivity contribution in [2.75, 3.05) is 26.2 Å². The number of aliphatic hydroxyl groups excluding tert-OH is 3. The summed E-state index contributed by atoms with van der Waals surface area (Å²) in [5.41, 5.74) is -1.07. The molecular weight excluding hydrogens is 608 g/mol. The van der Waals surface area contributed by atoms with Gasteiger partial charge in [0.15, 0.2) is 15.7 Å². The van der Waals surface area contributed by atoms with Crippen LogP contribution < -0.4 is 0 Å². The van der Waals surface area contributed by atoms with E-state index in [-0.39, 0.29) is 36.9 Å². The highest BCUT2D eigenvalue weighted by Gasteiger charge is 2.44. The average Bonchev–Trinajstić information content (AvgIpc) is 3.26. The van der Waals surface area contributed by atoms with Gasteiger partial charge >= 0.3 is 12.2 Å². The lowest BCUT2D eigenvalue weighted by atomic mass is 10.2. The molecule has 0 aromatic heterocycles. The molecule has 2 heterocycles. The Hall–Kier alpha value is -0.896. The van der Waals surface area contributed by atoms with Gasteiger partial charge in [0, 0.05) is 0 Å². The lowest BCUT2D eigenvalue weighted by molar-refractivity contribution is 0.0258. The maximum atomic E-state index is 12.1. The third kappa shape index (κ3) is 15.3. The third-order valence-corrected chi connectivity index (χ3v) is 17.6. The molecule has 3 N–H and O–H groups in total. The smallest absolute Gasteiger partial charge is 0.410 e. The summed E-state index contributed by atoms with van der Waals surface area (Å²) in [5.74, 6) is 0. The number of halogens is 1. The van der Waals surface area contributed by atoms with Crippen LogP contribution in [0.15, 0.2) is 0 Å². The van der Waals surface area contributed by atoms with E-state index in [0.29, 0.717) is 11.6 Å². The highest BCUT2D eigenvalue weighted by Crippen LogP contribution is 2.39. The Bertz CT molecular complexity index is 880. The molecule has 256 valence electrons. The lowest BCUT2D eigenvalue weighted by Crippen LogP contribution is -2.47. The van der Waals surface area contributed by atoms with Gasteiger partial charge in [-0.25, -0.2) is 9.59 Å². The van der Waals surface area contributed by atoms with Gasteiger partial charge in [0.1, 0.15) is 11.2 Å². The van der Waals surface area contributed by atoms with Crippen LogP contribution in [0.1, 0.15) is 83.1 Å². The van der Waals surface area contributed by atoms with Crippen molar-refractivity contribution in [2.45, 2.75) is 155 Å². The van der Waals surface area contributed by atoms with Crippen LogP contribution in [0.5, 0.6) is 0 Å². The molecule has 2 amide bonds. The van der Waals surface area contributed by atoms with Crippen molar-refractivity contribution >= 4 is 39.0 Å². The van der Waals surface area contributed by atoms with E-state index in [1.165, 1.54) is 9.80 Å². The maximum absolute atomic E-state index is 12.1. The van der Waals surface area contributed by atoms with Crippen LogP contribution in [0.4, 0.5) is 9.59 Å². The van der Waals surface area contributed by atoms with Crippen molar-refractivity contribution in [3.05, 3.63) is 0 Å². The number of β-amino-alcohol motifs (C(OH)–C–C–N with tert-alkyl or cyclic N) is 3. The molecule has 4 unspecified atom stereocenters. The predicted octanol–water partition coefficient (Wildman–Crippen LogP) is 6.18. The molecule has 43 heavy (non-hydrogen) atoms. The highest BCUT2D eigenvalue weighted by atomic mass is 35.6. The number of likely N-dealkylation sites (tertiary alicyclic amines) is 2. The van der Waals surface area contributed by atoms with E-state index < -0.39 is 51.3 Å². The molecule has 2 saturated heterocycles. The van der Waals surface area contributed by atoms with Gasteiger partial charge in [0.05, 0.1) is 50.6 Å². The maximum Gasteiger partial charge on any atom is 0.410 e. The summed E-state index contributed by atoms with van der Waals surface area (Å²) < 4.78 is 16.7. The van der Waals surface area contributed by atoms with Crippen molar-refractivity contribution in [3.63, 3.8) is 0 Å². The van der Waals surface area contributed by atoms with Crippen molar-refractivity contribution in [2.24, 2.45) is 0 Å². The third-order valence-electron chi connectivity index (χ3n) is 7.84. The highest BCUT2D eigenvalue weighted by molar-refractivity contribution is 7.20. The quantitative estimate of drug-likeness (QED) is 0.235. The van der Waals surface area contributed by atoms with E-state index in [4.69, 9.17) is 25.0 Å². The fourth-order valence-corrected chi connectivity index (χ4v) is 4.49. The molecule has 4 atom stereocenters. The number of ether oxygens (including phenoxy) is 2. The molecule has 2 fully saturated rings. The Balaban J connectivity index is 0.000000688. The Morgan fingerprint density at radius 1 is 0.628 bits per heavy atom. The first-order chi connectivity index (χ1) is 18.8. The van der Waals surface area contributed by atoms with Crippen molar-refractivity contribution in [3.8, 4) is 0 Å². The average molecular weight is 671 g/mol. The predicted molar refractivity (Wildman–Crippen MR) is 179 cm³/mol. The lowest BCUT2D eigenvalue weighted by Gasteiger charge is -2.38. The minimum Gasteiger partial charge on any atom is -0.444 e. The summed E-state index contributed by atoms with van der Waals surface area (Å²) in [6.45, 7) is 33.5. The zero-order valence-corrected chi connectivity index (χ0v) is 32.5. The number of hydrogen-bond acceptors (Lipinski definition) is 8. The van der Waals surface area contributed by atoms with Crippen LogP contribution in [0.3, 0.4) is 0 Å². The van der Waals surface area contributed by atoms with E-state index >= 15 is 0 Å². The number of carbonyl (C=O) groups excluding carboxylic acids is 2. The summed E-state index contributed by atoms with van der Waals surface area (Å²) in [6, 6.07) is 0. The first-order valence-corrected chi connectivity index (χ1v) is 22.1. The Morgan fingerprint density at radius 2 is 0.930 bits per heavy atom. The second kappa shape index (κ2) is 15.1. The van der Waals surface area contributed by atoms with Gasteiger partial charge in [-0.2, -0.15) is 11.1 Å². The molecule has 2 rings (SSSR count). The molecule has 0 aliphatic carbocycles. The van der Waals surface area contributed by atoms with Gasteiger partial charge in [0.25, 0.3) is 0 Å². The van der Waals surface area contributed by atoms with Crippen molar-refractivity contribution < 1.29 is 38.8 Å². The van der Waals surface area contributed by atoms with Crippen molar-refractivity contribution in [1.29, 1.82) is 0 Å². The number of aliphatic hydroxyl groups is 3. The Labute approximate surface area is 268 Å². The van der Waals surface area contributed by atoms with Crippen LogP contribution in [-0.2, 0) is 13.9 Å². The second-order valence-electron chi connectivity index (χ2n) is 16.6. The molecule has 0 spiro atoms. The molecule has 10 nitrogen and oxygen atoms in total. The molecule has 0 aromatic rings. The number of rotatable bonds is 2. The number of hydrogen-bond donors (Lipinski definition) is 3. The Kier molecular flexibility index (Phi) is 14.8. The minimum absolute atomic E-state index is 0.0755. The van der Waals surface area contributed by atoms with E-state index in [0.717, 1.165) is 0 Å². The van der Waals surface area contributed by atoms with E-state index in [1.807, 2.05) is 20.8 Å². The van der Waals surface area contributed by atoms with E-state index in [1.54, 1.807) is 20.8 Å². The van der Waals surface area contributed by atoms with Gasteiger partial charge < -0.3 is 39.0 Å². The molecule has 0 bridgehead atoms. The summed E-state index contributed by atoms with van der Waals surface area (Å²) >= 11 is 6.15. The van der Waals surface area contributed by atoms with Crippen LogP contribution in [0.2, 0.25) is 36.3 Å². The first-order valence-electron chi connectivity index (χ1n) is 15.1. The summed E-state index contributed by atoms with van der Waals surface area (Å²) in [5, 5.41) is 29.0. The van der Waals surface area contributed by atoms with Crippen LogP contribution in [0.25, 0.3) is 0 Å². The SMILES string of the molecule is CC(C)(C)OC(=O)N1CC(O)C(O)C1.CC(C)(C)OC(=O)N1CC(O)C(O[Si](C)(C)C(C)(C)C)C1.CC(C)(C)[Si](C)(C)Cl. The molecular formula is C30H63ClN2O8Si2. The number of nitrogens with zero attached hydrogens (tertiary/aromatic N) is 2. The fraction of sp³-hybridized carbons (Fsp3) is 0.933. The van der Waals surface area contributed by atoms with Crippen LogP contribution >= 0.6 is 11.1 Å². The van der Waals surface area contributed by atoms with Crippen molar-refractivity contribution in [1.82, 2.24) is 9.80 Å². The zero-order chi connectivity index (χ0) is 34.6. The fourth-order valence-electron chi connectivity index (χ4n) is 3.15. The normalized spacial score (nSPS) is 23.6. The zero-order valence-electron chi connectivity index (χ0n) is 29.8. The molecule has 2 aliphatic heterocycles. The monoisotopic (exact) mass is 670 g/mol. The van der Waals surface area contributed by atoms with E-state index in [9.17, 15) is 24.9 Å². The summed E-state index contributed by atoms with van der Waals surface area (Å²) in [6.07, 6.45) is -3.56. The van der Waals surface area contributed by atoms with Gasteiger partial charge in [-0.15, -0.1) is 0 Å². The number of carbonyl (C=O) groups is 2. The second-order valence-corrected chi connectivity index (χ2v) is 28.6. The van der Waals surface area contributed by atoms with Gasteiger partial charge in [-0.1, -0.05) is 54.6 Å². The molecule has 2 aliphatic rings. The largest absolute Gasteiger partial charge is 0.444 e. The molecule has 0 aromatic carbocycles. The van der Waals surface area contributed by atoms with Crippen LogP contribution in [0, 0.1) is 0 Å². The first kappa shape index (κ1) is 42.1. The summed E-state index contributed by atoms with van der Waals surface area (Å²) in [4.78, 5) is 26.3. The molecule has 13 heteroatoms. The molecule has 0 radical (unpaired) electrons. The van der Waals surface area contributed by atoms with E-state index in [2.05, 4.69) is 67.7 Å². The minimum atomic E-state index is -1.96. The van der Waals surface area contributed by atoms with Gasteiger partial charge in [0.2, 0.25) is 0 Å². The van der Waals surface area contributed by atoms with Crippen LogP contribution in [-0.4, -0.2) is 115 Å². The topological polar surface area (TPSA) is 129 Å². The van der Waals surface area contributed by atoms with Gasteiger partial charge in [-0.05, 0) is 64.7 Å². The Morgan fingerprint density at radius 3 is 1.21 bits per heavy atom. The molecule has 0 saturated carbocycles.